The van der Waals surface area contributed by atoms with Crippen LogP contribution in [0.15, 0.2) is 30.3 Å². The van der Waals surface area contributed by atoms with E-state index in [1.54, 1.807) is 0 Å². The first-order chi connectivity index (χ1) is 7.09. The van der Waals surface area contributed by atoms with Crippen LogP contribution in [0.25, 0.3) is 0 Å². The predicted octanol–water partition coefficient (Wildman–Crippen LogP) is 1.54. The van der Waals surface area contributed by atoms with E-state index in [0.717, 1.165) is 5.56 Å². The van der Waals surface area contributed by atoms with Crippen LogP contribution >= 0.6 is 12.2 Å². The van der Waals surface area contributed by atoms with E-state index < -0.39 is 0 Å². The average molecular weight is 222 g/mol. The fourth-order valence-electron chi connectivity index (χ4n) is 1.28. The van der Waals surface area contributed by atoms with Gasteiger partial charge in [0.2, 0.25) is 5.91 Å². The molecule has 1 aromatic carbocycles. The van der Waals surface area contributed by atoms with E-state index in [1.807, 2.05) is 37.3 Å². The quantitative estimate of drug-likeness (QED) is 0.760. The van der Waals surface area contributed by atoms with Crippen LogP contribution in [0.1, 0.15) is 24.9 Å². The zero-order valence-corrected chi connectivity index (χ0v) is 9.38. The molecular weight excluding hydrogens is 208 g/mol. The van der Waals surface area contributed by atoms with Gasteiger partial charge < -0.3 is 11.1 Å². The summed E-state index contributed by atoms with van der Waals surface area (Å²) in [5, 5.41) is 2.82. The summed E-state index contributed by atoms with van der Waals surface area (Å²) in [6.45, 7) is 1.92. The molecule has 0 aliphatic heterocycles. The predicted molar refractivity (Wildman–Crippen MR) is 64.4 cm³/mol. The highest BCUT2D eigenvalue weighted by Gasteiger charge is 2.09. The second-order valence-corrected chi connectivity index (χ2v) is 3.87. The van der Waals surface area contributed by atoms with Gasteiger partial charge in [-0.1, -0.05) is 42.5 Å². The number of thiocarbonyl (C=S) groups is 1. The molecule has 1 atom stereocenters. The lowest BCUT2D eigenvalue weighted by Crippen LogP contribution is -2.29. The molecule has 0 spiro atoms. The summed E-state index contributed by atoms with van der Waals surface area (Å²) in [6.07, 6.45) is 0.104. The van der Waals surface area contributed by atoms with Crippen molar-refractivity contribution in [1.29, 1.82) is 0 Å². The van der Waals surface area contributed by atoms with Crippen LogP contribution in [-0.2, 0) is 4.79 Å². The first-order valence-corrected chi connectivity index (χ1v) is 5.13. The van der Waals surface area contributed by atoms with Crippen molar-refractivity contribution in [3.8, 4) is 0 Å². The number of carbonyl (C=O) groups is 1. The molecule has 4 heteroatoms. The summed E-state index contributed by atoms with van der Waals surface area (Å²) in [7, 11) is 0. The number of benzene rings is 1. The molecule has 0 radical (unpaired) electrons. The van der Waals surface area contributed by atoms with Gasteiger partial charge in [-0.15, -0.1) is 0 Å². The zero-order valence-electron chi connectivity index (χ0n) is 8.57. The minimum Gasteiger partial charge on any atom is -0.393 e. The van der Waals surface area contributed by atoms with Crippen molar-refractivity contribution in [2.75, 3.05) is 0 Å². The van der Waals surface area contributed by atoms with Crippen LogP contribution in [0, 0.1) is 0 Å². The van der Waals surface area contributed by atoms with Gasteiger partial charge in [-0.05, 0) is 12.5 Å². The Hall–Kier alpha value is -1.42. The normalized spacial score (nSPS) is 11.8. The molecule has 0 saturated carbocycles. The third kappa shape index (κ3) is 4.08. The SMILES string of the molecule is CC(NC(=O)CC(N)=S)c1ccccc1. The highest BCUT2D eigenvalue weighted by Crippen LogP contribution is 2.10. The largest absolute Gasteiger partial charge is 0.393 e. The molecule has 0 aromatic heterocycles. The molecule has 1 amide bonds. The maximum Gasteiger partial charge on any atom is 0.227 e. The Balaban J connectivity index is 2.53. The molecule has 0 aliphatic rings. The summed E-state index contributed by atoms with van der Waals surface area (Å²) >= 11 is 4.66. The summed E-state index contributed by atoms with van der Waals surface area (Å²) in [5.41, 5.74) is 6.34. The summed E-state index contributed by atoms with van der Waals surface area (Å²) in [6, 6.07) is 9.72. The second kappa shape index (κ2) is 5.46. The molecule has 3 nitrogen and oxygen atoms in total. The Morgan fingerprint density at radius 3 is 2.60 bits per heavy atom. The Kier molecular flexibility index (Phi) is 4.24. The van der Waals surface area contributed by atoms with E-state index in [1.165, 1.54) is 0 Å². The van der Waals surface area contributed by atoms with E-state index in [0.29, 0.717) is 0 Å². The van der Waals surface area contributed by atoms with Crippen molar-refractivity contribution in [1.82, 2.24) is 5.32 Å². The van der Waals surface area contributed by atoms with Gasteiger partial charge in [0.25, 0.3) is 0 Å². The number of carbonyl (C=O) groups excluding carboxylic acids is 1. The fourth-order valence-corrected chi connectivity index (χ4v) is 1.41. The van der Waals surface area contributed by atoms with Crippen LogP contribution < -0.4 is 11.1 Å². The lowest BCUT2D eigenvalue weighted by molar-refractivity contribution is -0.120. The topological polar surface area (TPSA) is 55.1 Å². The monoisotopic (exact) mass is 222 g/mol. The number of nitrogens with one attached hydrogen (secondary N) is 1. The van der Waals surface area contributed by atoms with Gasteiger partial charge >= 0.3 is 0 Å². The Labute approximate surface area is 94.7 Å². The maximum atomic E-state index is 11.4. The molecule has 1 rings (SSSR count). The Morgan fingerprint density at radius 2 is 2.07 bits per heavy atom. The van der Waals surface area contributed by atoms with Crippen LogP contribution in [0.5, 0.6) is 0 Å². The lowest BCUT2D eigenvalue weighted by atomic mass is 10.1. The van der Waals surface area contributed by atoms with Crippen molar-refractivity contribution in [2.45, 2.75) is 19.4 Å². The van der Waals surface area contributed by atoms with Crippen LogP contribution in [0.2, 0.25) is 0 Å². The van der Waals surface area contributed by atoms with E-state index in [9.17, 15) is 4.79 Å². The second-order valence-electron chi connectivity index (χ2n) is 3.34. The third-order valence-electron chi connectivity index (χ3n) is 2.01. The summed E-state index contributed by atoms with van der Waals surface area (Å²) in [4.78, 5) is 11.6. The van der Waals surface area contributed by atoms with Crippen molar-refractivity contribution < 1.29 is 4.79 Å². The first kappa shape index (κ1) is 11.7. The molecule has 0 bridgehead atoms. The van der Waals surface area contributed by atoms with E-state index in [4.69, 9.17) is 5.73 Å². The van der Waals surface area contributed by atoms with Gasteiger partial charge in [-0.2, -0.15) is 0 Å². The minimum absolute atomic E-state index is 0.0203. The van der Waals surface area contributed by atoms with Gasteiger partial charge in [0.05, 0.1) is 17.5 Å². The van der Waals surface area contributed by atoms with E-state index >= 15 is 0 Å². The molecule has 3 N–H and O–H groups in total. The van der Waals surface area contributed by atoms with Crippen LogP contribution in [-0.4, -0.2) is 10.9 Å². The van der Waals surface area contributed by atoms with Crippen molar-refractivity contribution in [2.24, 2.45) is 5.73 Å². The minimum atomic E-state index is -0.140. The molecule has 0 heterocycles. The number of amides is 1. The molecule has 1 unspecified atom stereocenters. The number of hydrogen-bond acceptors (Lipinski definition) is 2. The molecule has 80 valence electrons. The smallest absolute Gasteiger partial charge is 0.227 e. The molecule has 0 saturated heterocycles. The average Bonchev–Trinajstić information content (AvgIpc) is 2.17. The van der Waals surface area contributed by atoms with Crippen molar-refractivity contribution in [3.05, 3.63) is 35.9 Å². The fraction of sp³-hybridized carbons (Fsp3) is 0.273. The van der Waals surface area contributed by atoms with Crippen molar-refractivity contribution in [3.63, 3.8) is 0 Å². The standard InChI is InChI=1S/C11H14N2OS/c1-8(9-5-3-2-4-6-9)13-11(14)7-10(12)15/h2-6,8H,7H2,1H3,(H2,12,15)(H,13,14). The summed E-state index contributed by atoms with van der Waals surface area (Å²) in [5.74, 6) is -0.140. The van der Waals surface area contributed by atoms with Gasteiger partial charge in [-0.25, -0.2) is 0 Å². The summed E-state index contributed by atoms with van der Waals surface area (Å²) < 4.78 is 0. The number of hydrogen-bond donors (Lipinski definition) is 2. The van der Waals surface area contributed by atoms with Gasteiger partial charge in [0, 0.05) is 0 Å². The maximum absolute atomic E-state index is 11.4. The lowest BCUT2D eigenvalue weighted by Gasteiger charge is -2.13. The molecule has 15 heavy (non-hydrogen) atoms. The third-order valence-corrected chi connectivity index (χ3v) is 2.16. The van der Waals surface area contributed by atoms with Gasteiger partial charge in [-0.3, -0.25) is 4.79 Å². The Bertz CT molecular complexity index is 351. The number of rotatable bonds is 4. The van der Waals surface area contributed by atoms with Crippen LogP contribution in [0.3, 0.4) is 0 Å². The van der Waals surface area contributed by atoms with E-state index in [-0.39, 0.29) is 23.4 Å². The molecule has 0 aliphatic carbocycles. The molecular formula is C11H14N2OS. The van der Waals surface area contributed by atoms with Gasteiger partial charge in [0.15, 0.2) is 0 Å². The zero-order chi connectivity index (χ0) is 11.3. The van der Waals surface area contributed by atoms with Crippen molar-refractivity contribution >= 4 is 23.1 Å². The first-order valence-electron chi connectivity index (χ1n) is 4.72. The highest BCUT2D eigenvalue weighted by atomic mass is 32.1. The molecule has 0 fully saturated rings. The Morgan fingerprint density at radius 1 is 1.47 bits per heavy atom. The van der Waals surface area contributed by atoms with E-state index in [2.05, 4.69) is 17.5 Å². The number of nitrogens with two attached hydrogens (primary N) is 1. The highest BCUT2D eigenvalue weighted by molar-refractivity contribution is 7.80. The molecule has 1 aromatic rings. The van der Waals surface area contributed by atoms with Crippen LogP contribution in [0.4, 0.5) is 0 Å². The van der Waals surface area contributed by atoms with Gasteiger partial charge in [0.1, 0.15) is 0 Å².